The van der Waals surface area contributed by atoms with E-state index in [4.69, 9.17) is 4.74 Å². The molecule has 1 aromatic heterocycles. The Hall–Kier alpha value is -2.28. The number of esters is 1. The van der Waals surface area contributed by atoms with Gasteiger partial charge < -0.3 is 14.2 Å². The van der Waals surface area contributed by atoms with Crippen LogP contribution >= 0.6 is 0 Å². The molecule has 0 saturated carbocycles. The highest BCUT2D eigenvalue weighted by Gasteiger charge is 2.30. The fraction of sp³-hybridized carbons (Fsp3) is 0.500. The number of quaternary nitrogens is 1. The summed E-state index contributed by atoms with van der Waals surface area (Å²) in [6, 6.07) is 9.38. The van der Waals surface area contributed by atoms with Crippen molar-refractivity contribution in [2.24, 2.45) is 5.92 Å². The van der Waals surface area contributed by atoms with Crippen LogP contribution in [0.3, 0.4) is 0 Å². The maximum absolute atomic E-state index is 12.8. The van der Waals surface area contributed by atoms with Crippen LogP contribution in [0.2, 0.25) is 0 Å². The number of hydrogen-bond donors (Lipinski definition) is 1. The number of nitrogens with zero attached hydrogens (tertiary/aromatic N) is 1. The number of aromatic nitrogens is 1. The Kier molecular flexibility index (Phi) is 7.90. The van der Waals surface area contributed by atoms with Crippen LogP contribution in [0.5, 0.6) is 0 Å². The molecule has 0 spiro atoms. The van der Waals surface area contributed by atoms with Crippen LogP contribution in [0.25, 0.3) is 0 Å². The lowest BCUT2D eigenvalue weighted by Gasteiger charge is -2.28. The number of alkyl halides is 3. The smallest absolute Gasteiger partial charge is 0.416 e. The Bertz CT molecular complexity index is 782. The zero-order valence-electron chi connectivity index (χ0n) is 17.4. The topological polar surface area (TPSA) is 35.7 Å². The largest absolute Gasteiger partial charge is 0.462 e. The molecule has 1 heterocycles. The van der Waals surface area contributed by atoms with Gasteiger partial charge in [-0.3, -0.25) is 0 Å². The number of halogens is 3. The Labute approximate surface area is 170 Å². The van der Waals surface area contributed by atoms with E-state index in [0.717, 1.165) is 28.3 Å². The van der Waals surface area contributed by atoms with E-state index in [0.29, 0.717) is 25.6 Å². The first-order valence-electron chi connectivity index (χ1n) is 9.92. The predicted molar refractivity (Wildman–Crippen MR) is 105 cm³/mol. The summed E-state index contributed by atoms with van der Waals surface area (Å²) in [6.45, 7) is 9.88. The SMILES string of the molecule is CCOC(=O)C[NH+](Cc1cccn1Cc1ccc(C(F)(F)F)cc1)[C@@H](C)C(C)C. The van der Waals surface area contributed by atoms with E-state index in [9.17, 15) is 18.0 Å². The second-order valence-corrected chi connectivity index (χ2v) is 7.67. The summed E-state index contributed by atoms with van der Waals surface area (Å²) in [7, 11) is 0. The van der Waals surface area contributed by atoms with Gasteiger partial charge in [-0.15, -0.1) is 0 Å². The van der Waals surface area contributed by atoms with Crippen LogP contribution in [-0.4, -0.2) is 29.7 Å². The molecule has 160 valence electrons. The molecule has 0 aliphatic carbocycles. The molecule has 1 N–H and O–H groups in total. The fourth-order valence-electron chi connectivity index (χ4n) is 3.25. The monoisotopic (exact) mass is 411 g/mol. The van der Waals surface area contributed by atoms with Gasteiger partial charge in [0.2, 0.25) is 0 Å². The van der Waals surface area contributed by atoms with Crippen LogP contribution in [0.4, 0.5) is 13.2 Å². The van der Waals surface area contributed by atoms with E-state index in [-0.39, 0.29) is 18.6 Å². The lowest BCUT2D eigenvalue weighted by molar-refractivity contribution is -0.933. The molecule has 2 atom stereocenters. The van der Waals surface area contributed by atoms with E-state index in [2.05, 4.69) is 20.8 Å². The minimum Gasteiger partial charge on any atom is -0.462 e. The third kappa shape index (κ3) is 6.63. The van der Waals surface area contributed by atoms with Crippen molar-refractivity contribution in [1.29, 1.82) is 0 Å². The highest BCUT2D eigenvalue weighted by atomic mass is 19.4. The minimum atomic E-state index is -4.33. The molecule has 2 aromatic rings. The third-order valence-electron chi connectivity index (χ3n) is 5.29. The third-order valence-corrected chi connectivity index (χ3v) is 5.29. The van der Waals surface area contributed by atoms with E-state index < -0.39 is 11.7 Å². The molecule has 4 nitrogen and oxygen atoms in total. The summed E-state index contributed by atoms with van der Waals surface area (Å²) in [5, 5.41) is 0. The number of nitrogens with one attached hydrogen (secondary N) is 1. The first kappa shape index (κ1) is 23.0. The summed E-state index contributed by atoms with van der Waals surface area (Å²) in [6.07, 6.45) is -2.42. The average molecular weight is 411 g/mol. The van der Waals surface area contributed by atoms with Crippen molar-refractivity contribution in [3.63, 3.8) is 0 Å². The van der Waals surface area contributed by atoms with Gasteiger partial charge in [0.25, 0.3) is 0 Å². The molecular weight excluding hydrogens is 381 g/mol. The van der Waals surface area contributed by atoms with Gasteiger partial charge in [-0.25, -0.2) is 4.79 Å². The standard InChI is InChI=1S/C22H29F3N2O2/c1-5-29-21(28)15-27(17(4)16(2)3)14-20-7-6-12-26(20)13-18-8-10-19(11-9-18)22(23,24)25/h6-12,16-17H,5,13-15H2,1-4H3/p+1/t17-/m0/s1. The number of rotatable bonds is 9. The predicted octanol–water partition coefficient (Wildman–Crippen LogP) is 3.55. The molecule has 7 heteroatoms. The second-order valence-electron chi connectivity index (χ2n) is 7.67. The van der Waals surface area contributed by atoms with Gasteiger partial charge in [0.1, 0.15) is 6.54 Å². The van der Waals surface area contributed by atoms with Gasteiger partial charge in [0.15, 0.2) is 6.54 Å². The van der Waals surface area contributed by atoms with Crippen LogP contribution in [0.1, 0.15) is 44.5 Å². The molecule has 0 aliphatic rings. The van der Waals surface area contributed by atoms with Crippen LogP contribution in [0, 0.1) is 5.92 Å². The summed E-state index contributed by atoms with van der Waals surface area (Å²) in [4.78, 5) is 13.2. The number of carbonyl (C=O) groups is 1. The highest BCUT2D eigenvalue weighted by Crippen LogP contribution is 2.29. The first-order valence-corrected chi connectivity index (χ1v) is 9.92. The van der Waals surface area contributed by atoms with Crippen molar-refractivity contribution >= 4 is 5.97 Å². The minimum absolute atomic E-state index is 0.226. The van der Waals surface area contributed by atoms with Crippen LogP contribution in [-0.2, 0) is 28.8 Å². The average Bonchev–Trinajstić information content (AvgIpc) is 3.07. The van der Waals surface area contributed by atoms with Crippen molar-refractivity contribution in [2.75, 3.05) is 13.2 Å². The fourth-order valence-corrected chi connectivity index (χ4v) is 3.25. The summed E-state index contributed by atoms with van der Waals surface area (Å²) >= 11 is 0. The molecule has 0 bridgehead atoms. The van der Waals surface area contributed by atoms with Crippen molar-refractivity contribution in [3.8, 4) is 0 Å². The molecule has 2 rings (SSSR count). The summed E-state index contributed by atoms with van der Waals surface area (Å²) in [5.41, 5.74) is 1.17. The van der Waals surface area contributed by atoms with Crippen molar-refractivity contribution in [2.45, 2.75) is 53.0 Å². The van der Waals surface area contributed by atoms with Gasteiger partial charge in [-0.1, -0.05) is 26.0 Å². The van der Waals surface area contributed by atoms with Crippen LogP contribution < -0.4 is 4.90 Å². The maximum Gasteiger partial charge on any atom is 0.416 e. The van der Waals surface area contributed by atoms with Crippen molar-refractivity contribution < 1.29 is 27.6 Å². The van der Waals surface area contributed by atoms with E-state index in [1.165, 1.54) is 12.1 Å². The molecule has 1 unspecified atom stereocenters. The Morgan fingerprint density at radius 3 is 2.34 bits per heavy atom. The van der Waals surface area contributed by atoms with Gasteiger partial charge >= 0.3 is 12.1 Å². The molecule has 29 heavy (non-hydrogen) atoms. The zero-order valence-corrected chi connectivity index (χ0v) is 17.4. The molecule has 0 amide bonds. The van der Waals surface area contributed by atoms with Gasteiger partial charge in [0.05, 0.1) is 23.9 Å². The number of hydrogen-bond acceptors (Lipinski definition) is 2. The lowest BCUT2D eigenvalue weighted by atomic mass is 10.0. The van der Waals surface area contributed by atoms with E-state index in [1.54, 1.807) is 6.92 Å². The second kappa shape index (κ2) is 9.96. The molecular formula is C22H30F3N2O2+. The summed E-state index contributed by atoms with van der Waals surface area (Å²) < 4.78 is 45.4. The van der Waals surface area contributed by atoms with Crippen molar-refractivity contribution in [3.05, 3.63) is 59.4 Å². The zero-order chi connectivity index (χ0) is 21.6. The number of ether oxygens (including phenoxy) is 1. The van der Waals surface area contributed by atoms with E-state index in [1.807, 2.05) is 22.9 Å². The van der Waals surface area contributed by atoms with Crippen molar-refractivity contribution in [1.82, 2.24) is 4.57 Å². The van der Waals surface area contributed by atoms with E-state index >= 15 is 0 Å². The van der Waals surface area contributed by atoms with Gasteiger partial charge in [0, 0.05) is 18.7 Å². The molecule has 0 fully saturated rings. The highest BCUT2D eigenvalue weighted by molar-refractivity contribution is 5.70. The Morgan fingerprint density at radius 1 is 1.14 bits per heavy atom. The van der Waals surface area contributed by atoms with Crippen LogP contribution in [0.15, 0.2) is 42.6 Å². The Balaban J connectivity index is 2.15. The molecule has 0 saturated heterocycles. The first-order chi connectivity index (χ1) is 13.6. The summed E-state index contributed by atoms with van der Waals surface area (Å²) in [5.74, 6) is 0.161. The Morgan fingerprint density at radius 2 is 1.79 bits per heavy atom. The molecule has 0 aliphatic heterocycles. The normalized spacial score (nSPS) is 14.1. The quantitative estimate of drug-likeness (QED) is 0.641. The van der Waals surface area contributed by atoms with Gasteiger partial charge in [-0.2, -0.15) is 13.2 Å². The molecule has 0 radical (unpaired) electrons. The number of carbonyl (C=O) groups excluding carboxylic acids is 1. The lowest BCUT2D eigenvalue weighted by Crippen LogP contribution is -3.15. The molecule has 1 aromatic carbocycles. The number of benzene rings is 1. The maximum atomic E-state index is 12.8. The van der Waals surface area contributed by atoms with Gasteiger partial charge in [-0.05, 0) is 43.7 Å².